The number of pyridine rings is 2. The third kappa shape index (κ3) is 5.20. The topological polar surface area (TPSA) is 76.1 Å². The molecule has 0 saturated carbocycles. The van der Waals surface area contributed by atoms with Gasteiger partial charge in [-0.05, 0) is 54.1 Å². The number of ether oxygens (including phenoxy) is 1. The van der Waals surface area contributed by atoms with Crippen LogP contribution in [0.25, 0.3) is 0 Å². The van der Waals surface area contributed by atoms with Crippen molar-refractivity contribution in [2.75, 3.05) is 10.6 Å². The summed E-state index contributed by atoms with van der Waals surface area (Å²) in [6, 6.07) is 24.8. The van der Waals surface area contributed by atoms with Gasteiger partial charge < -0.3 is 15.4 Å². The van der Waals surface area contributed by atoms with Gasteiger partial charge in [-0.2, -0.15) is 0 Å². The quantitative estimate of drug-likeness (QED) is 0.457. The molecule has 0 saturated heterocycles. The molecule has 0 radical (unpaired) electrons. The van der Waals surface area contributed by atoms with Gasteiger partial charge in [-0.1, -0.05) is 30.3 Å². The Morgan fingerprint density at radius 1 is 0.833 bits per heavy atom. The van der Waals surface area contributed by atoms with Crippen molar-refractivity contribution in [1.29, 1.82) is 0 Å². The van der Waals surface area contributed by atoms with Crippen LogP contribution in [-0.4, -0.2) is 15.9 Å². The van der Waals surface area contributed by atoms with Crippen LogP contribution in [0.4, 0.5) is 17.2 Å². The summed E-state index contributed by atoms with van der Waals surface area (Å²) in [5.74, 6) is 1.03. The van der Waals surface area contributed by atoms with Crippen molar-refractivity contribution >= 4 is 23.1 Å². The molecule has 2 aromatic heterocycles. The third-order valence-corrected chi connectivity index (χ3v) is 4.32. The molecule has 0 spiro atoms. The second-order valence-electron chi connectivity index (χ2n) is 6.55. The van der Waals surface area contributed by atoms with Crippen LogP contribution in [0, 0.1) is 0 Å². The number of carbonyl (C=O) groups excluding carboxylic acids is 1. The minimum atomic E-state index is -0.248. The third-order valence-electron chi connectivity index (χ3n) is 4.32. The van der Waals surface area contributed by atoms with Crippen LogP contribution in [0.5, 0.6) is 5.75 Å². The van der Waals surface area contributed by atoms with E-state index in [1.807, 2.05) is 60.7 Å². The summed E-state index contributed by atoms with van der Waals surface area (Å²) in [5, 5.41) is 6.03. The average molecular weight is 396 g/mol. The highest BCUT2D eigenvalue weighted by Crippen LogP contribution is 2.21. The van der Waals surface area contributed by atoms with E-state index in [1.54, 1.807) is 30.6 Å². The SMILES string of the molecule is O=C(Nc1ccc(Nc2ccc(OCc3ccccc3)cc2)cn1)c1cccnc1. The predicted molar refractivity (Wildman–Crippen MR) is 117 cm³/mol. The second kappa shape index (κ2) is 9.34. The summed E-state index contributed by atoms with van der Waals surface area (Å²) in [4.78, 5) is 20.4. The van der Waals surface area contributed by atoms with Gasteiger partial charge in [-0.15, -0.1) is 0 Å². The smallest absolute Gasteiger partial charge is 0.258 e. The molecular formula is C24H20N4O2. The lowest BCUT2D eigenvalue weighted by Gasteiger charge is -2.10. The zero-order chi connectivity index (χ0) is 20.6. The maximum absolute atomic E-state index is 12.1. The van der Waals surface area contributed by atoms with Crippen LogP contribution in [-0.2, 0) is 6.61 Å². The molecule has 0 atom stereocenters. The van der Waals surface area contributed by atoms with Crippen molar-refractivity contribution in [3.8, 4) is 5.75 Å². The minimum Gasteiger partial charge on any atom is -0.489 e. The number of hydrogen-bond donors (Lipinski definition) is 2. The Balaban J connectivity index is 1.31. The molecule has 30 heavy (non-hydrogen) atoms. The highest BCUT2D eigenvalue weighted by Gasteiger charge is 2.06. The number of carbonyl (C=O) groups is 1. The summed E-state index contributed by atoms with van der Waals surface area (Å²) in [6.07, 6.45) is 4.80. The van der Waals surface area contributed by atoms with E-state index in [1.165, 1.54) is 6.20 Å². The molecule has 2 N–H and O–H groups in total. The number of hydrogen-bond acceptors (Lipinski definition) is 5. The first-order valence-electron chi connectivity index (χ1n) is 9.47. The van der Waals surface area contributed by atoms with Crippen LogP contribution in [0.2, 0.25) is 0 Å². The van der Waals surface area contributed by atoms with E-state index in [0.717, 1.165) is 22.7 Å². The van der Waals surface area contributed by atoms with E-state index >= 15 is 0 Å². The van der Waals surface area contributed by atoms with Gasteiger partial charge in [0.25, 0.3) is 5.91 Å². The summed E-state index contributed by atoms with van der Waals surface area (Å²) in [7, 11) is 0. The maximum atomic E-state index is 12.1. The van der Waals surface area contributed by atoms with Crippen LogP contribution in [0.3, 0.4) is 0 Å². The molecule has 0 aliphatic heterocycles. The number of benzene rings is 2. The lowest BCUT2D eigenvalue weighted by Crippen LogP contribution is -2.13. The average Bonchev–Trinajstić information content (AvgIpc) is 2.81. The molecule has 0 aliphatic rings. The number of nitrogens with zero attached hydrogens (tertiary/aromatic N) is 2. The molecule has 4 aromatic rings. The molecular weight excluding hydrogens is 376 g/mol. The Kier molecular flexibility index (Phi) is 5.96. The first-order chi connectivity index (χ1) is 14.8. The largest absolute Gasteiger partial charge is 0.489 e. The van der Waals surface area contributed by atoms with E-state index in [2.05, 4.69) is 20.6 Å². The molecule has 6 nitrogen and oxygen atoms in total. The van der Waals surface area contributed by atoms with Crippen molar-refractivity contribution < 1.29 is 9.53 Å². The summed E-state index contributed by atoms with van der Waals surface area (Å²) in [6.45, 7) is 0.532. The van der Waals surface area contributed by atoms with Gasteiger partial charge >= 0.3 is 0 Å². The predicted octanol–water partition coefficient (Wildman–Crippen LogP) is 5.05. The van der Waals surface area contributed by atoms with Crippen LogP contribution < -0.4 is 15.4 Å². The van der Waals surface area contributed by atoms with Crippen molar-refractivity contribution in [2.24, 2.45) is 0 Å². The highest BCUT2D eigenvalue weighted by molar-refractivity contribution is 6.03. The summed E-state index contributed by atoms with van der Waals surface area (Å²) >= 11 is 0. The van der Waals surface area contributed by atoms with Crippen molar-refractivity contribution in [1.82, 2.24) is 9.97 Å². The maximum Gasteiger partial charge on any atom is 0.258 e. The Morgan fingerprint density at radius 2 is 1.63 bits per heavy atom. The van der Waals surface area contributed by atoms with Crippen LogP contribution >= 0.6 is 0 Å². The Hall–Kier alpha value is -4.19. The van der Waals surface area contributed by atoms with E-state index < -0.39 is 0 Å². The monoisotopic (exact) mass is 396 g/mol. The molecule has 2 heterocycles. The molecule has 4 rings (SSSR count). The number of nitrogens with one attached hydrogen (secondary N) is 2. The van der Waals surface area contributed by atoms with Crippen molar-refractivity contribution in [2.45, 2.75) is 6.61 Å². The van der Waals surface area contributed by atoms with Gasteiger partial charge in [0.2, 0.25) is 0 Å². The fourth-order valence-corrected chi connectivity index (χ4v) is 2.77. The number of aromatic nitrogens is 2. The molecule has 0 unspecified atom stereocenters. The molecule has 0 fully saturated rings. The lowest BCUT2D eigenvalue weighted by atomic mass is 10.2. The normalized spacial score (nSPS) is 10.3. The van der Waals surface area contributed by atoms with Crippen LogP contribution in [0.15, 0.2) is 97.5 Å². The Labute approximate surface area is 174 Å². The van der Waals surface area contributed by atoms with Gasteiger partial charge in [0.1, 0.15) is 18.2 Å². The molecule has 2 aromatic carbocycles. The Bertz CT molecular complexity index is 1080. The van der Waals surface area contributed by atoms with Crippen LogP contribution in [0.1, 0.15) is 15.9 Å². The minimum absolute atomic E-state index is 0.248. The van der Waals surface area contributed by atoms with Gasteiger partial charge in [-0.25, -0.2) is 4.98 Å². The first kappa shape index (κ1) is 19.1. The second-order valence-corrected chi connectivity index (χ2v) is 6.55. The molecule has 148 valence electrons. The summed E-state index contributed by atoms with van der Waals surface area (Å²) < 4.78 is 5.80. The van der Waals surface area contributed by atoms with Crippen molar-refractivity contribution in [3.05, 3.63) is 109 Å². The van der Waals surface area contributed by atoms with Gasteiger partial charge in [0.05, 0.1) is 17.4 Å². The Morgan fingerprint density at radius 3 is 2.33 bits per heavy atom. The molecule has 1 amide bonds. The van der Waals surface area contributed by atoms with E-state index in [-0.39, 0.29) is 5.91 Å². The molecule has 6 heteroatoms. The van der Waals surface area contributed by atoms with Gasteiger partial charge in [0, 0.05) is 18.1 Å². The van der Waals surface area contributed by atoms with Gasteiger partial charge in [-0.3, -0.25) is 9.78 Å². The molecule has 0 bridgehead atoms. The standard InChI is InChI=1S/C24H20N4O2/c29-24(19-7-4-14-25-15-19)28-23-13-10-21(16-26-23)27-20-8-11-22(12-9-20)30-17-18-5-2-1-3-6-18/h1-16,27H,17H2,(H,26,28,29). The summed E-state index contributed by atoms with van der Waals surface area (Å²) in [5.41, 5.74) is 3.33. The fraction of sp³-hybridized carbons (Fsp3) is 0.0417. The number of amides is 1. The zero-order valence-electron chi connectivity index (χ0n) is 16.2. The van der Waals surface area contributed by atoms with E-state index in [4.69, 9.17) is 4.74 Å². The molecule has 0 aliphatic carbocycles. The first-order valence-corrected chi connectivity index (χ1v) is 9.47. The highest BCUT2D eigenvalue weighted by atomic mass is 16.5. The number of anilines is 3. The lowest BCUT2D eigenvalue weighted by molar-refractivity contribution is 0.102. The van der Waals surface area contributed by atoms with E-state index in [9.17, 15) is 4.79 Å². The van der Waals surface area contributed by atoms with Crippen molar-refractivity contribution in [3.63, 3.8) is 0 Å². The van der Waals surface area contributed by atoms with Gasteiger partial charge in [0.15, 0.2) is 0 Å². The number of rotatable bonds is 7. The fourth-order valence-electron chi connectivity index (χ4n) is 2.77. The zero-order valence-corrected chi connectivity index (χ0v) is 16.2. The van der Waals surface area contributed by atoms with E-state index in [0.29, 0.717) is 18.0 Å².